The lowest BCUT2D eigenvalue weighted by atomic mass is 9.91. The van der Waals surface area contributed by atoms with Gasteiger partial charge in [-0.15, -0.1) is 0 Å². The third kappa shape index (κ3) is 5.08. The van der Waals surface area contributed by atoms with Crippen molar-refractivity contribution in [3.8, 4) is 0 Å². The highest BCUT2D eigenvalue weighted by Crippen LogP contribution is 2.21. The van der Waals surface area contributed by atoms with E-state index < -0.39 is 0 Å². The molecule has 0 bridgehead atoms. The van der Waals surface area contributed by atoms with Gasteiger partial charge < -0.3 is 15.4 Å². The van der Waals surface area contributed by atoms with E-state index in [4.69, 9.17) is 5.73 Å². The maximum atomic E-state index is 10.5. The summed E-state index contributed by atoms with van der Waals surface area (Å²) in [4.78, 5) is 13.0. The summed E-state index contributed by atoms with van der Waals surface area (Å²) < 4.78 is 0. The van der Waals surface area contributed by atoms with E-state index in [-0.39, 0.29) is 6.04 Å². The van der Waals surface area contributed by atoms with Gasteiger partial charge in [-0.3, -0.25) is 0 Å². The van der Waals surface area contributed by atoms with Gasteiger partial charge in [0.05, 0.1) is 6.04 Å². The molecule has 0 amide bonds. The molecule has 0 unspecified atom stereocenters. The summed E-state index contributed by atoms with van der Waals surface area (Å²) in [6.45, 7) is 5.88. The molecule has 1 saturated heterocycles. The molecule has 0 saturated carbocycles. The second-order valence-electron chi connectivity index (χ2n) is 5.03. The van der Waals surface area contributed by atoms with E-state index in [9.17, 15) is 4.79 Å². The number of aldehydes is 1. The van der Waals surface area contributed by atoms with E-state index in [2.05, 4.69) is 11.8 Å². The number of likely N-dealkylation sites (tertiary alicyclic amines) is 1. The topological polar surface area (TPSA) is 46.3 Å². The van der Waals surface area contributed by atoms with Gasteiger partial charge in [0.1, 0.15) is 6.29 Å². The molecule has 94 valence electrons. The Labute approximate surface area is 99.4 Å². The molecule has 1 atom stereocenters. The van der Waals surface area contributed by atoms with Crippen LogP contribution in [0.1, 0.15) is 45.4 Å². The van der Waals surface area contributed by atoms with Gasteiger partial charge in [-0.2, -0.15) is 0 Å². The van der Waals surface area contributed by atoms with Crippen LogP contribution in [0.3, 0.4) is 0 Å². The van der Waals surface area contributed by atoms with Crippen LogP contribution in [0.4, 0.5) is 0 Å². The van der Waals surface area contributed by atoms with Crippen molar-refractivity contribution < 1.29 is 4.79 Å². The maximum Gasteiger partial charge on any atom is 0.136 e. The van der Waals surface area contributed by atoms with E-state index in [0.29, 0.717) is 5.92 Å². The normalized spacial score (nSPS) is 20.9. The fraction of sp³-hybridized carbons (Fsp3) is 0.923. The molecule has 1 aliphatic rings. The van der Waals surface area contributed by atoms with Gasteiger partial charge >= 0.3 is 0 Å². The van der Waals surface area contributed by atoms with Crippen LogP contribution in [0.5, 0.6) is 0 Å². The SMILES string of the molecule is CCCCCN1CCC(C[C@H](N)C=O)CC1. The molecular formula is C13H26N2O. The Balaban J connectivity index is 2.11. The minimum atomic E-state index is -0.239. The summed E-state index contributed by atoms with van der Waals surface area (Å²) in [7, 11) is 0. The molecule has 1 aliphatic heterocycles. The molecule has 0 aromatic rings. The van der Waals surface area contributed by atoms with E-state index >= 15 is 0 Å². The highest BCUT2D eigenvalue weighted by molar-refractivity contribution is 5.56. The standard InChI is InChI=1S/C13H26N2O/c1-2-3-4-7-15-8-5-12(6-9-15)10-13(14)11-16/h11-13H,2-10,14H2,1H3/t13-/m0/s1. The van der Waals surface area contributed by atoms with Crippen LogP contribution in [-0.4, -0.2) is 36.9 Å². The average molecular weight is 226 g/mol. The van der Waals surface area contributed by atoms with Crippen molar-refractivity contribution in [2.75, 3.05) is 19.6 Å². The molecule has 3 nitrogen and oxygen atoms in total. The van der Waals surface area contributed by atoms with Gasteiger partial charge in [-0.25, -0.2) is 0 Å². The molecule has 16 heavy (non-hydrogen) atoms. The first-order valence-electron chi connectivity index (χ1n) is 6.69. The number of hydrogen-bond donors (Lipinski definition) is 1. The molecule has 3 heteroatoms. The Morgan fingerprint density at radius 1 is 1.38 bits per heavy atom. The number of piperidine rings is 1. The summed E-state index contributed by atoms with van der Waals surface area (Å²) in [5.41, 5.74) is 5.66. The monoisotopic (exact) mass is 226 g/mol. The van der Waals surface area contributed by atoms with Gasteiger partial charge in [0.2, 0.25) is 0 Å². The number of carbonyl (C=O) groups is 1. The summed E-state index contributed by atoms with van der Waals surface area (Å²) in [5, 5.41) is 0. The van der Waals surface area contributed by atoms with Crippen molar-refractivity contribution >= 4 is 6.29 Å². The lowest BCUT2D eigenvalue weighted by molar-refractivity contribution is -0.109. The second kappa shape index (κ2) is 7.80. The highest BCUT2D eigenvalue weighted by Gasteiger charge is 2.20. The highest BCUT2D eigenvalue weighted by atomic mass is 16.1. The van der Waals surface area contributed by atoms with Crippen LogP contribution in [0.2, 0.25) is 0 Å². The molecule has 0 aliphatic carbocycles. The molecule has 1 fully saturated rings. The zero-order chi connectivity index (χ0) is 11.8. The van der Waals surface area contributed by atoms with Crippen molar-refractivity contribution in [3.63, 3.8) is 0 Å². The Hall–Kier alpha value is -0.410. The molecule has 1 rings (SSSR count). The number of nitrogens with zero attached hydrogens (tertiary/aromatic N) is 1. The van der Waals surface area contributed by atoms with Crippen LogP contribution < -0.4 is 5.73 Å². The molecule has 0 aromatic carbocycles. The Morgan fingerprint density at radius 2 is 2.06 bits per heavy atom. The van der Waals surface area contributed by atoms with E-state index in [1.54, 1.807) is 0 Å². The van der Waals surface area contributed by atoms with Crippen molar-refractivity contribution in [1.82, 2.24) is 4.90 Å². The number of nitrogens with two attached hydrogens (primary N) is 1. The number of unbranched alkanes of at least 4 members (excludes halogenated alkanes) is 2. The number of rotatable bonds is 7. The zero-order valence-electron chi connectivity index (χ0n) is 10.5. The van der Waals surface area contributed by atoms with Gasteiger partial charge in [0.25, 0.3) is 0 Å². The molecular weight excluding hydrogens is 200 g/mol. The molecule has 1 heterocycles. The van der Waals surface area contributed by atoms with Crippen LogP contribution >= 0.6 is 0 Å². The van der Waals surface area contributed by atoms with Crippen LogP contribution in [0.15, 0.2) is 0 Å². The van der Waals surface area contributed by atoms with Crippen LogP contribution in [-0.2, 0) is 4.79 Å². The quantitative estimate of drug-likeness (QED) is 0.532. The Morgan fingerprint density at radius 3 is 2.62 bits per heavy atom. The Bertz CT molecular complexity index is 188. The zero-order valence-corrected chi connectivity index (χ0v) is 10.5. The van der Waals surface area contributed by atoms with Gasteiger partial charge in [0, 0.05) is 0 Å². The first-order chi connectivity index (χ1) is 7.76. The third-order valence-electron chi connectivity index (χ3n) is 3.57. The third-order valence-corrected chi connectivity index (χ3v) is 3.57. The predicted octanol–water partition coefficient (Wildman–Crippen LogP) is 1.80. The lowest BCUT2D eigenvalue weighted by Crippen LogP contribution is -2.36. The first kappa shape index (κ1) is 13.7. The van der Waals surface area contributed by atoms with Crippen molar-refractivity contribution in [2.24, 2.45) is 11.7 Å². The molecule has 2 N–H and O–H groups in total. The van der Waals surface area contributed by atoms with Crippen molar-refractivity contribution in [3.05, 3.63) is 0 Å². The number of hydrogen-bond acceptors (Lipinski definition) is 3. The van der Waals surface area contributed by atoms with Crippen molar-refractivity contribution in [1.29, 1.82) is 0 Å². The molecule has 0 spiro atoms. The molecule has 0 radical (unpaired) electrons. The van der Waals surface area contributed by atoms with Crippen LogP contribution in [0.25, 0.3) is 0 Å². The van der Waals surface area contributed by atoms with Gasteiger partial charge in [-0.1, -0.05) is 19.8 Å². The summed E-state index contributed by atoms with van der Waals surface area (Å²) >= 11 is 0. The van der Waals surface area contributed by atoms with Crippen molar-refractivity contribution in [2.45, 2.75) is 51.5 Å². The number of carbonyl (C=O) groups excluding carboxylic acids is 1. The molecule has 0 aromatic heterocycles. The summed E-state index contributed by atoms with van der Waals surface area (Å²) in [6, 6.07) is -0.239. The average Bonchev–Trinajstić information content (AvgIpc) is 2.31. The smallest absolute Gasteiger partial charge is 0.136 e. The lowest BCUT2D eigenvalue weighted by Gasteiger charge is -2.32. The Kier molecular flexibility index (Phi) is 6.65. The minimum absolute atomic E-state index is 0.239. The fourth-order valence-electron chi connectivity index (χ4n) is 2.47. The largest absolute Gasteiger partial charge is 0.322 e. The van der Waals surface area contributed by atoms with Crippen LogP contribution in [0, 0.1) is 5.92 Å². The fourth-order valence-corrected chi connectivity index (χ4v) is 2.47. The van der Waals surface area contributed by atoms with Gasteiger partial charge in [0.15, 0.2) is 0 Å². The van der Waals surface area contributed by atoms with Gasteiger partial charge in [-0.05, 0) is 51.2 Å². The first-order valence-corrected chi connectivity index (χ1v) is 6.69. The minimum Gasteiger partial charge on any atom is -0.322 e. The van der Waals surface area contributed by atoms with E-state index in [1.807, 2.05) is 0 Å². The predicted molar refractivity (Wildman–Crippen MR) is 67.3 cm³/mol. The summed E-state index contributed by atoms with van der Waals surface area (Å²) in [5.74, 6) is 0.669. The second-order valence-corrected chi connectivity index (χ2v) is 5.03. The maximum absolute atomic E-state index is 10.5. The summed E-state index contributed by atoms with van der Waals surface area (Å²) in [6.07, 6.45) is 8.16. The van der Waals surface area contributed by atoms with E-state index in [1.165, 1.54) is 51.7 Å². The van der Waals surface area contributed by atoms with E-state index in [0.717, 1.165) is 12.7 Å².